The van der Waals surface area contributed by atoms with E-state index < -0.39 is 0 Å². The summed E-state index contributed by atoms with van der Waals surface area (Å²) < 4.78 is 14.5. The molecule has 0 bridgehead atoms. The van der Waals surface area contributed by atoms with Crippen LogP contribution in [0.25, 0.3) is 0 Å². The minimum atomic E-state index is -0.0234. The van der Waals surface area contributed by atoms with Gasteiger partial charge in [0.2, 0.25) is 0 Å². The van der Waals surface area contributed by atoms with Crippen LogP contribution in [0.1, 0.15) is 57.2 Å². The highest BCUT2D eigenvalue weighted by atomic mass is 19.1. The van der Waals surface area contributed by atoms with Gasteiger partial charge in [-0.2, -0.15) is 0 Å². The van der Waals surface area contributed by atoms with E-state index in [2.05, 4.69) is 26.1 Å². The van der Waals surface area contributed by atoms with Crippen molar-refractivity contribution < 1.29 is 4.39 Å². The molecule has 1 N–H and O–H groups in total. The lowest BCUT2D eigenvalue weighted by Crippen LogP contribution is -2.33. The van der Waals surface area contributed by atoms with Crippen LogP contribution in [0, 0.1) is 30.5 Å². The van der Waals surface area contributed by atoms with Crippen LogP contribution in [0.4, 0.5) is 4.39 Å². The normalized spacial score (nSPS) is 28.4. The molecule has 1 nitrogen and oxygen atoms in total. The zero-order valence-corrected chi connectivity index (χ0v) is 13.2. The van der Waals surface area contributed by atoms with E-state index in [-0.39, 0.29) is 11.9 Å². The van der Waals surface area contributed by atoms with Crippen molar-refractivity contribution >= 4 is 0 Å². The van der Waals surface area contributed by atoms with Gasteiger partial charge in [0.1, 0.15) is 5.82 Å². The molecule has 0 spiro atoms. The van der Waals surface area contributed by atoms with Crippen molar-refractivity contribution in [2.75, 3.05) is 6.54 Å². The highest BCUT2D eigenvalue weighted by Gasteiger charge is 2.31. The maximum Gasteiger partial charge on any atom is 0.130 e. The number of hydrogen-bond donors (Lipinski definition) is 1. The molecule has 0 heterocycles. The smallest absolute Gasteiger partial charge is 0.130 e. The largest absolute Gasteiger partial charge is 0.310 e. The Balaban J connectivity index is 2.24. The van der Waals surface area contributed by atoms with Crippen molar-refractivity contribution in [1.29, 1.82) is 0 Å². The molecule has 112 valence electrons. The maximum atomic E-state index is 14.5. The van der Waals surface area contributed by atoms with Gasteiger partial charge in [-0.3, -0.25) is 0 Å². The van der Waals surface area contributed by atoms with Gasteiger partial charge in [-0.25, -0.2) is 4.39 Å². The van der Waals surface area contributed by atoms with Gasteiger partial charge < -0.3 is 5.32 Å². The van der Waals surface area contributed by atoms with Gasteiger partial charge in [0.05, 0.1) is 0 Å². The number of benzene rings is 1. The maximum absolute atomic E-state index is 14.5. The fraction of sp³-hybridized carbons (Fsp3) is 0.667. The first-order chi connectivity index (χ1) is 9.54. The topological polar surface area (TPSA) is 12.0 Å². The van der Waals surface area contributed by atoms with Gasteiger partial charge in [-0.05, 0) is 49.6 Å². The van der Waals surface area contributed by atoms with Crippen LogP contribution >= 0.6 is 0 Å². The number of rotatable bonds is 4. The number of aryl methyl sites for hydroxylation is 1. The minimum Gasteiger partial charge on any atom is -0.310 e. The lowest BCUT2D eigenvalue weighted by Gasteiger charge is -2.37. The second kappa shape index (κ2) is 6.71. The molecular weight excluding hydrogens is 249 g/mol. The summed E-state index contributed by atoms with van der Waals surface area (Å²) in [4.78, 5) is 0. The van der Waals surface area contributed by atoms with Crippen molar-refractivity contribution in [1.82, 2.24) is 5.32 Å². The molecule has 1 aromatic rings. The molecule has 1 aliphatic rings. The van der Waals surface area contributed by atoms with E-state index in [0.29, 0.717) is 5.92 Å². The first-order valence-corrected chi connectivity index (χ1v) is 8.03. The summed E-state index contributed by atoms with van der Waals surface area (Å²) in [6.45, 7) is 9.53. The van der Waals surface area contributed by atoms with E-state index in [1.54, 1.807) is 0 Å². The quantitative estimate of drug-likeness (QED) is 0.829. The molecule has 0 radical (unpaired) electrons. The Morgan fingerprint density at radius 2 is 2.00 bits per heavy atom. The number of hydrogen-bond acceptors (Lipinski definition) is 1. The van der Waals surface area contributed by atoms with Crippen LogP contribution in [-0.2, 0) is 0 Å². The summed E-state index contributed by atoms with van der Waals surface area (Å²) in [7, 11) is 0. The molecular formula is C18H28FN. The molecule has 1 fully saturated rings. The predicted molar refractivity (Wildman–Crippen MR) is 83.2 cm³/mol. The fourth-order valence-electron chi connectivity index (χ4n) is 3.55. The standard InChI is InChI=1S/C18H28FN/c1-5-20-18(15-10-9-12(2)14(4)11-15)16-8-6-7-13(3)17(16)19/h6-8,12,14-15,18,20H,5,9-11H2,1-4H3. The van der Waals surface area contributed by atoms with Gasteiger partial charge in [0.25, 0.3) is 0 Å². The third-order valence-corrected chi connectivity index (χ3v) is 5.09. The van der Waals surface area contributed by atoms with E-state index >= 15 is 0 Å². The molecule has 1 aliphatic carbocycles. The first kappa shape index (κ1) is 15.5. The third kappa shape index (κ3) is 3.22. The molecule has 4 unspecified atom stereocenters. The summed E-state index contributed by atoms with van der Waals surface area (Å²) in [5.41, 5.74) is 1.61. The van der Waals surface area contributed by atoms with Gasteiger partial charge in [-0.1, -0.05) is 45.4 Å². The van der Waals surface area contributed by atoms with Gasteiger partial charge in [0, 0.05) is 11.6 Å². The summed E-state index contributed by atoms with van der Waals surface area (Å²) >= 11 is 0. The van der Waals surface area contributed by atoms with Crippen molar-refractivity contribution in [2.24, 2.45) is 17.8 Å². The Hall–Kier alpha value is -0.890. The molecule has 0 aliphatic heterocycles. The molecule has 2 rings (SSSR count). The third-order valence-electron chi connectivity index (χ3n) is 5.09. The van der Waals surface area contributed by atoms with Gasteiger partial charge >= 0.3 is 0 Å². The van der Waals surface area contributed by atoms with Gasteiger partial charge in [-0.15, -0.1) is 0 Å². The molecule has 0 saturated heterocycles. The Labute approximate surface area is 123 Å². The zero-order chi connectivity index (χ0) is 14.7. The molecule has 0 amide bonds. The van der Waals surface area contributed by atoms with Crippen molar-refractivity contribution in [2.45, 2.75) is 53.0 Å². The molecule has 0 aromatic heterocycles. The average molecular weight is 277 g/mol. The second-order valence-electron chi connectivity index (χ2n) is 6.54. The summed E-state index contributed by atoms with van der Waals surface area (Å²) in [5, 5.41) is 3.53. The molecule has 1 saturated carbocycles. The lowest BCUT2D eigenvalue weighted by molar-refractivity contribution is 0.170. The molecule has 1 aromatic carbocycles. The molecule has 4 atom stereocenters. The van der Waals surface area contributed by atoms with Crippen LogP contribution in [0.5, 0.6) is 0 Å². The fourth-order valence-corrected chi connectivity index (χ4v) is 3.55. The zero-order valence-electron chi connectivity index (χ0n) is 13.2. The van der Waals surface area contributed by atoms with E-state index in [1.807, 2.05) is 25.1 Å². The van der Waals surface area contributed by atoms with Crippen LogP contribution in [0.15, 0.2) is 18.2 Å². The second-order valence-corrected chi connectivity index (χ2v) is 6.54. The van der Waals surface area contributed by atoms with Crippen molar-refractivity contribution in [3.8, 4) is 0 Å². The van der Waals surface area contributed by atoms with E-state index in [1.165, 1.54) is 19.3 Å². The van der Waals surface area contributed by atoms with E-state index in [4.69, 9.17) is 0 Å². The SMILES string of the molecule is CCNC(c1cccc(C)c1F)C1CCC(C)C(C)C1. The van der Waals surface area contributed by atoms with Crippen LogP contribution in [-0.4, -0.2) is 6.54 Å². The van der Waals surface area contributed by atoms with Crippen molar-refractivity contribution in [3.63, 3.8) is 0 Å². The molecule has 20 heavy (non-hydrogen) atoms. The monoisotopic (exact) mass is 277 g/mol. The highest BCUT2D eigenvalue weighted by molar-refractivity contribution is 5.28. The Morgan fingerprint density at radius 1 is 1.25 bits per heavy atom. The van der Waals surface area contributed by atoms with E-state index in [9.17, 15) is 4.39 Å². The summed E-state index contributed by atoms with van der Waals surface area (Å²) in [5.74, 6) is 2.07. The summed E-state index contributed by atoms with van der Waals surface area (Å²) in [6, 6.07) is 5.95. The lowest BCUT2D eigenvalue weighted by atomic mass is 9.72. The van der Waals surface area contributed by atoms with Crippen LogP contribution in [0.2, 0.25) is 0 Å². The van der Waals surface area contributed by atoms with Crippen LogP contribution < -0.4 is 5.32 Å². The van der Waals surface area contributed by atoms with Gasteiger partial charge in [0.15, 0.2) is 0 Å². The van der Waals surface area contributed by atoms with Crippen molar-refractivity contribution in [3.05, 3.63) is 35.1 Å². The highest BCUT2D eigenvalue weighted by Crippen LogP contribution is 2.40. The minimum absolute atomic E-state index is 0.0234. The Kier molecular flexibility index (Phi) is 5.20. The number of halogens is 1. The number of nitrogens with one attached hydrogen (secondary N) is 1. The Morgan fingerprint density at radius 3 is 2.65 bits per heavy atom. The van der Waals surface area contributed by atoms with Crippen LogP contribution in [0.3, 0.4) is 0 Å². The first-order valence-electron chi connectivity index (χ1n) is 8.03. The summed E-state index contributed by atoms with van der Waals surface area (Å²) in [6.07, 6.45) is 3.67. The molecule has 2 heteroatoms. The predicted octanol–water partition coefficient (Wildman–Crippen LogP) is 4.86. The average Bonchev–Trinajstić information content (AvgIpc) is 2.43. The van der Waals surface area contributed by atoms with E-state index in [0.717, 1.165) is 29.5 Å². The Bertz CT molecular complexity index is 443.